The molecule has 0 aliphatic carbocycles. The lowest BCUT2D eigenvalue weighted by Crippen LogP contribution is -2.29. The first-order valence-corrected chi connectivity index (χ1v) is 12.3. The number of thiazole rings is 1. The van der Waals surface area contributed by atoms with Crippen LogP contribution >= 0.6 is 11.3 Å². The number of benzene rings is 2. The summed E-state index contributed by atoms with van der Waals surface area (Å²) in [5.41, 5.74) is 1.11. The molecular formula is C26H21N3O8S. The Morgan fingerprint density at radius 1 is 1.26 bits per heavy atom. The molecule has 38 heavy (non-hydrogen) atoms. The number of nitro groups is 1. The van der Waals surface area contributed by atoms with Crippen LogP contribution in [0.15, 0.2) is 48.0 Å². The highest BCUT2D eigenvalue weighted by molar-refractivity contribution is 7.17. The van der Waals surface area contributed by atoms with E-state index in [-0.39, 0.29) is 38.6 Å². The molecule has 1 fully saturated rings. The number of carbonyl (C=O) groups excluding carboxylic acids is 3. The smallest absolute Gasteiger partial charge is 0.350 e. The van der Waals surface area contributed by atoms with Crippen molar-refractivity contribution < 1.29 is 33.9 Å². The van der Waals surface area contributed by atoms with E-state index in [0.29, 0.717) is 17.7 Å². The predicted octanol–water partition coefficient (Wildman–Crippen LogP) is 4.10. The number of ether oxygens (including phenoxy) is 2. The Morgan fingerprint density at radius 3 is 2.74 bits per heavy atom. The predicted molar refractivity (Wildman–Crippen MR) is 136 cm³/mol. The van der Waals surface area contributed by atoms with Crippen LogP contribution in [0.3, 0.4) is 0 Å². The molecule has 1 aromatic heterocycles. The van der Waals surface area contributed by atoms with Gasteiger partial charge in [-0.1, -0.05) is 23.5 Å². The third kappa shape index (κ3) is 4.08. The van der Waals surface area contributed by atoms with E-state index in [0.717, 1.165) is 21.8 Å². The number of aryl methyl sites for hydroxylation is 1. The van der Waals surface area contributed by atoms with E-state index >= 15 is 0 Å². The summed E-state index contributed by atoms with van der Waals surface area (Å²) in [5, 5.41) is 22.9. The average molecular weight is 536 g/mol. The lowest BCUT2D eigenvalue weighted by atomic mass is 9.94. The van der Waals surface area contributed by atoms with Crippen molar-refractivity contribution in [2.24, 2.45) is 0 Å². The van der Waals surface area contributed by atoms with Gasteiger partial charge in [-0.25, -0.2) is 9.78 Å². The zero-order chi connectivity index (χ0) is 27.3. The maximum Gasteiger partial charge on any atom is 0.350 e. The van der Waals surface area contributed by atoms with Crippen molar-refractivity contribution in [2.45, 2.75) is 32.4 Å². The maximum atomic E-state index is 13.4. The van der Waals surface area contributed by atoms with Gasteiger partial charge in [0.05, 0.1) is 29.3 Å². The van der Waals surface area contributed by atoms with Gasteiger partial charge in [0, 0.05) is 24.1 Å². The summed E-state index contributed by atoms with van der Waals surface area (Å²) in [7, 11) is 1.21. The van der Waals surface area contributed by atoms with Gasteiger partial charge in [-0.05, 0) is 43.2 Å². The Morgan fingerprint density at radius 2 is 2.03 bits per heavy atom. The fourth-order valence-corrected chi connectivity index (χ4v) is 5.66. The summed E-state index contributed by atoms with van der Waals surface area (Å²) in [5.74, 6) is -2.42. The molecule has 1 saturated heterocycles. The highest BCUT2D eigenvalue weighted by atomic mass is 32.1. The summed E-state index contributed by atoms with van der Waals surface area (Å²) in [4.78, 5) is 55.4. The number of aliphatic hydroxyl groups is 1. The van der Waals surface area contributed by atoms with Gasteiger partial charge in [-0.2, -0.15) is 0 Å². The Hall–Kier alpha value is -4.58. The minimum atomic E-state index is -1.24. The van der Waals surface area contributed by atoms with Crippen LogP contribution in [0.4, 0.5) is 10.8 Å². The van der Waals surface area contributed by atoms with E-state index in [1.807, 2.05) is 6.92 Å². The van der Waals surface area contributed by atoms with Gasteiger partial charge in [-0.15, -0.1) is 0 Å². The second kappa shape index (κ2) is 9.38. The first-order chi connectivity index (χ1) is 18.1. The average Bonchev–Trinajstić information content (AvgIpc) is 3.55. The normalized spacial score (nSPS) is 19.8. The molecule has 2 aliphatic rings. The summed E-state index contributed by atoms with van der Waals surface area (Å²) in [6, 6.07) is 9.16. The number of rotatable bonds is 5. The van der Waals surface area contributed by atoms with Crippen molar-refractivity contribution in [3.05, 3.63) is 85.4 Å². The van der Waals surface area contributed by atoms with E-state index in [2.05, 4.69) is 4.98 Å². The first-order valence-electron chi connectivity index (χ1n) is 11.5. The fourth-order valence-electron chi connectivity index (χ4n) is 4.65. The molecule has 2 aromatic carbocycles. The Labute approximate surface area is 220 Å². The molecule has 2 aliphatic heterocycles. The molecule has 12 heteroatoms. The third-order valence-corrected chi connectivity index (χ3v) is 7.51. The molecule has 0 spiro atoms. The summed E-state index contributed by atoms with van der Waals surface area (Å²) >= 11 is 0.843. The number of hydrogen-bond donors (Lipinski definition) is 1. The molecular weight excluding hydrogens is 514 g/mol. The number of ketones is 1. The Balaban J connectivity index is 1.71. The summed E-state index contributed by atoms with van der Waals surface area (Å²) in [6.45, 7) is 3.46. The lowest BCUT2D eigenvalue weighted by molar-refractivity contribution is -0.384. The number of aromatic nitrogens is 1. The number of methoxy groups -OCH3 is 1. The number of carbonyl (C=O) groups is 3. The number of fused-ring (bicyclic) bond motifs is 1. The molecule has 2 unspecified atom stereocenters. The van der Waals surface area contributed by atoms with Gasteiger partial charge < -0.3 is 14.6 Å². The number of anilines is 1. The van der Waals surface area contributed by atoms with Gasteiger partial charge in [0.25, 0.3) is 11.5 Å². The van der Waals surface area contributed by atoms with Crippen LogP contribution in [-0.2, 0) is 20.7 Å². The first kappa shape index (κ1) is 25.1. The molecule has 2 atom stereocenters. The van der Waals surface area contributed by atoms with Crippen LogP contribution in [-0.4, -0.2) is 45.9 Å². The number of hydrogen-bond acceptors (Lipinski definition) is 10. The summed E-state index contributed by atoms with van der Waals surface area (Å²) < 4.78 is 10.5. The van der Waals surface area contributed by atoms with Crippen LogP contribution in [0, 0.1) is 17.0 Å². The second-order valence-electron chi connectivity index (χ2n) is 8.88. The molecule has 11 nitrogen and oxygen atoms in total. The van der Waals surface area contributed by atoms with E-state index in [9.17, 15) is 29.6 Å². The molecule has 3 heterocycles. The largest absolute Gasteiger partial charge is 0.507 e. The Bertz CT molecular complexity index is 1560. The topological polar surface area (TPSA) is 149 Å². The second-order valence-corrected chi connectivity index (χ2v) is 9.86. The molecule has 3 aromatic rings. The SMILES string of the molecule is COC(=O)c1sc(N2C(=O)C(=O)C(=C(O)c3ccc4c(c3)CC(C)O4)C2c2cccc([N+](=O)[O-])c2)nc1C. The highest BCUT2D eigenvalue weighted by Crippen LogP contribution is 2.45. The van der Waals surface area contributed by atoms with Gasteiger partial charge >= 0.3 is 11.9 Å². The van der Waals surface area contributed by atoms with Gasteiger partial charge in [-0.3, -0.25) is 24.6 Å². The Kier molecular flexibility index (Phi) is 6.19. The van der Waals surface area contributed by atoms with E-state index < -0.39 is 34.4 Å². The maximum absolute atomic E-state index is 13.4. The molecule has 0 saturated carbocycles. The number of aliphatic hydroxyl groups excluding tert-OH is 1. The number of esters is 1. The van der Waals surface area contributed by atoms with Crippen LogP contribution in [0.1, 0.15) is 45.0 Å². The van der Waals surface area contributed by atoms with Crippen molar-refractivity contribution in [3.63, 3.8) is 0 Å². The molecule has 1 amide bonds. The summed E-state index contributed by atoms with van der Waals surface area (Å²) in [6.07, 6.45) is 0.559. The van der Waals surface area contributed by atoms with Crippen LogP contribution < -0.4 is 9.64 Å². The van der Waals surface area contributed by atoms with Crippen molar-refractivity contribution in [3.8, 4) is 5.75 Å². The highest BCUT2D eigenvalue weighted by Gasteiger charge is 2.49. The molecule has 5 rings (SSSR count). The molecule has 0 bridgehead atoms. The van der Waals surface area contributed by atoms with Gasteiger partial charge in [0.1, 0.15) is 22.5 Å². The van der Waals surface area contributed by atoms with Crippen LogP contribution in [0.25, 0.3) is 5.76 Å². The monoisotopic (exact) mass is 535 g/mol. The lowest BCUT2D eigenvalue weighted by Gasteiger charge is -2.23. The number of amides is 1. The number of nitro benzene ring substituents is 1. The third-order valence-electron chi connectivity index (χ3n) is 6.37. The van der Waals surface area contributed by atoms with Crippen LogP contribution in [0.5, 0.6) is 5.75 Å². The van der Waals surface area contributed by atoms with Crippen molar-refractivity contribution >= 4 is 45.6 Å². The van der Waals surface area contributed by atoms with E-state index in [1.165, 1.54) is 31.4 Å². The number of non-ortho nitro benzene ring substituents is 1. The zero-order valence-corrected chi connectivity index (χ0v) is 21.3. The standard InChI is InChI=1S/C26H21N3O8S/c1-12-9-16-10-15(7-8-18(16)37-12)21(30)19-20(14-5-4-6-17(11-14)29(34)35)28(24(32)22(19)31)26-27-13(2)23(38-26)25(33)36-3/h4-8,10-12,20,30H,9H2,1-3H3. The molecule has 0 radical (unpaired) electrons. The zero-order valence-electron chi connectivity index (χ0n) is 20.5. The van der Waals surface area contributed by atoms with Crippen molar-refractivity contribution in [1.82, 2.24) is 4.98 Å². The fraction of sp³-hybridized carbons (Fsp3) is 0.231. The van der Waals surface area contributed by atoms with Gasteiger partial charge in [0.15, 0.2) is 5.13 Å². The van der Waals surface area contributed by atoms with Crippen LogP contribution in [0.2, 0.25) is 0 Å². The molecule has 1 N–H and O–H groups in total. The van der Waals surface area contributed by atoms with E-state index in [1.54, 1.807) is 25.1 Å². The number of Topliss-reactive ketones (excluding diaryl/α,β-unsaturated/α-hetero) is 1. The minimum absolute atomic E-state index is 0.0109. The van der Waals surface area contributed by atoms with Crippen molar-refractivity contribution in [2.75, 3.05) is 12.0 Å². The number of nitrogens with zero attached hydrogens (tertiary/aromatic N) is 3. The van der Waals surface area contributed by atoms with Gasteiger partial charge in [0.2, 0.25) is 0 Å². The quantitative estimate of drug-likeness (QED) is 0.127. The van der Waals surface area contributed by atoms with Crippen molar-refractivity contribution in [1.29, 1.82) is 0 Å². The minimum Gasteiger partial charge on any atom is -0.507 e. The molecule has 194 valence electrons. The van der Waals surface area contributed by atoms with E-state index in [4.69, 9.17) is 9.47 Å².